The highest BCUT2D eigenvalue weighted by molar-refractivity contribution is 5.78. The Kier molecular flexibility index (Phi) is 11.3. The van der Waals surface area contributed by atoms with E-state index in [0.717, 1.165) is 51.0 Å². The summed E-state index contributed by atoms with van der Waals surface area (Å²) >= 11 is 0. The fraction of sp³-hybridized carbons (Fsp3) is 0.682. The number of rotatable bonds is 13. The lowest BCUT2D eigenvalue weighted by Crippen LogP contribution is -2.17. The first kappa shape index (κ1) is 20.7. The Hall–Kier alpha value is -1.31. The van der Waals surface area contributed by atoms with Gasteiger partial charge in [-0.15, -0.1) is 0 Å². The number of aliphatic imine (C=N–C) groups is 1. The average Bonchev–Trinajstić information content (AvgIpc) is 2.90. The molecule has 0 unspecified atom stereocenters. The summed E-state index contributed by atoms with van der Waals surface area (Å²) < 4.78 is 5.60. The summed E-state index contributed by atoms with van der Waals surface area (Å²) in [5, 5.41) is 0. The van der Waals surface area contributed by atoms with Crippen molar-refractivity contribution in [2.24, 2.45) is 4.99 Å². The molecule has 0 amide bonds. The van der Waals surface area contributed by atoms with E-state index in [1.165, 1.54) is 25.7 Å². The summed E-state index contributed by atoms with van der Waals surface area (Å²) in [5.41, 5.74) is -0.0117. The highest BCUT2D eigenvalue weighted by Crippen LogP contribution is 2.19. The third kappa shape index (κ3) is 11.3. The van der Waals surface area contributed by atoms with Gasteiger partial charge in [0.2, 0.25) is 0 Å². The highest BCUT2D eigenvalue weighted by Gasteiger charge is 2.25. The second kappa shape index (κ2) is 13.0. The largest absolute Gasteiger partial charge is 0.478 e. The van der Waals surface area contributed by atoms with E-state index in [-0.39, 0.29) is 5.54 Å². The minimum atomic E-state index is -0.0117. The number of unbranched alkanes of at least 4 members (excludes halogenated alkanes) is 5. The molecular formula is C22H37NO. The van der Waals surface area contributed by atoms with Crippen LogP contribution in [0.25, 0.3) is 0 Å². The Balaban J connectivity index is 1.92. The Labute approximate surface area is 149 Å². The molecule has 0 fully saturated rings. The van der Waals surface area contributed by atoms with E-state index in [2.05, 4.69) is 62.2 Å². The summed E-state index contributed by atoms with van der Waals surface area (Å²) in [6.45, 7) is 7.23. The monoisotopic (exact) mass is 331 g/mol. The van der Waals surface area contributed by atoms with Crippen LogP contribution in [0.5, 0.6) is 0 Å². The maximum absolute atomic E-state index is 5.60. The average molecular weight is 332 g/mol. The van der Waals surface area contributed by atoms with E-state index in [4.69, 9.17) is 4.74 Å². The Morgan fingerprint density at radius 2 is 1.50 bits per heavy atom. The fourth-order valence-corrected chi connectivity index (χ4v) is 2.61. The van der Waals surface area contributed by atoms with Crippen molar-refractivity contribution in [3.63, 3.8) is 0 Å². The number of hydrogen-bond donors (Lipinski definition) is 0. The standard InChI is InChI=1S/C22H37NO/c1-4-5-6-7-8-9-10-11-12-13-14-15-16-17-18-19-21-23-22(2,3)20-24-21/h8-9,11-12,15-16H,4-7,10,13-14,17-20H2,1-3H3/b9-8+,12-11+,16-15+. The molecule has 1 rings (SSSR count). The molecule has 0 N–H and O–H groups in total. The molecule has 0 radical (unpaired) electrons. The topological polar surface area (TPSA) is 21.6 Å². The summed E-state index contributed by atoms with van der Waals surface area (Å²) in [5.74, 6) is 0.944. The van der Waals surface area contributed by atoms with Gasteiger partial charge in [-0.3, -0.25) is 0 Å². The summed E-state index contributed by atoms with van der Waals surface area (Å²) in [6.07, 6.45) is 25.6. The molecule has 0 saturated carbocycles. The van der Waals surface area contributed by atoms with Crippen LogP contribution in [-0.4, -0.2) is 18.0 Å². The van der Waals surface area contributed by atoms with Gasteiger partial charge in [0.1, 0.15) is 6.61 Å². The van der Waals surface area contributed by atoms with Gasteiger partial charge in [-0.2, -0.15) is 0 Å². The van der Waals surface area contributed by atoms with Gasteiger partial charge in [-0.1, -0.05) is 56.2 Å². The number of allylic oxidation sites excluding steroid dienone is 6. The summed E-state index contributed by atoms with van der Waals surface area (Å²) in [4.78, 5) is 4.58. The second-order valence-electron chi connectivity index (χ2n) is 7.22. The highest BCUT2D eigenvalue weighted by atomic mass is 16.5. The van der Waals surface area contributed by atoms with Crippen LogP contribution in [0.4, 0.5) is 0 Å². The number of nitrogens with zero attached hydrogens (tertiary/aromatic N) is 1. The molecular weight excluding hydrogens is 294 g/mol. The van der Waals surface area contributed by atoms with E-state index in [1.54, 1.807) is 0 Å². The van der Waals surface area contributed by atoms with Gasteiger partial charge in [0.05, 0.1) is 5.54 Å². The van der Waals surface area contributed by atoms with Crippen molar-refractivity contribution in [1.82, 2.24) is 0 Å². The van der Waals surface area contributed by atoms with Crippen molar-refractivity contribution in [2.75, 3.05) is 6.61 Å². The Morgan fingerprint density at radius 3 is 2.17 bits per heavy atom. The van der Waals surface area contributed by atoms with Crippen LogP contribution in [0.2, 0.25) is 0 Å². The second-order valence-corrected chi connectivity index (χ2v) is 7.22. The maximum Gasteiger partial charge on any atom is 0.183 e. The molecule has 0 spiro atoms. The van der Waals surface area contributed by atoms with Gasteiger partial charge >= 0.3 is 0 Å². The zero-order valence-electron chi connectivity index (χ0n) is 16.1. The van der Waals surface area contributed by atoms with Crippen molar-refractivity contribution in [1.29, 1.82) is 0 Å². The molecule has 1 aliphatic heterocycles. The Bertz CT molecular complexity index is 429. The maximum atomic E-state index is 5.60. The lowest BCUT2D eigenvalue weighted by Gasteiger charge is -2.07. The lowest BCUT2D eigenvalue weighted by atomic mass is 10.1. The smallest absolute Gasteiger partial charge is 0.183 e. The predicted octanol–water partition coefficient (Wildman–Crippen LogP) is 6.78. The fourth-order valence-electron chi connectivity index (χ4n) is 2.61. The van der Waals surface area contributed by atoms with Crippen LogP contribution in [0.3, 0.4) is 0 Å². The van der Waals surface area contributed by atoms with E-state index in [9.17, 15) is 0 Å². The van der Waals surface area contributed by atoms with Crippen molar-refractivity contribution < 1.29 is 4.74 Å². The summed E-state index contributed by atoms with van der Waals surface area (Å²) in [6, 6.07) is 0. The molecule has 1 aliphatic rings. The number of ether oxygens (including phenoxy) is 1. The zero-order chi connectivity index (χ0) is 17.5. The minimum absolute atomic E-state index is 0.0117. The zero-order valence-corrected chi connectivity index (χ0v) is 16.1. The Morgan fingerprint density at radius 1 is 0.875 bits per heavy atom. The molecule has 0 bridgehead atoms. The minimum Gasteiger partial charge on any atom is -0.478 e. The van der Waals surface area contributed by atoms with E-state index >= 15 is 0 Å². The molecule has 24 heavy (non-hydrogen) atoms. The molecule has 0 aromatic heterocycles. The molecule has 0 aromatic rings. The quantitative estimate of drug-likeness (QED) is 0.269. The van der Waals surface area contributed by atoms with Crippen molar-refractivity contribution >= 4 is 5.90 Å². The van der Waals surface area contributed by atoms with Crippen molar-refractivity contribution in [3.05, 3.63) is 36.5 Å². The van der Waals surface area contributed by atoms with Crippen LogP contribution >= 0.6 is 0 Å². The van der Waals surface area contributed by atoms with Crippen LogP contribution in [-0.2, 0) is 4.74 Å². The van der Waals surface area contributed by atoms with Gasteiger partial charge in [-0.25, -0.2) is 4.99 Å². The van der Waals surface area contributed by atoms with E-state index in [1.807, 2.05) is 0 Å². The van der Waals surface area contributed by atoms with Gasteiger partial charge in [0.25, 0.3) is 0 Å². The van der Waals surface area contributed by atoms with Crippen LogP contribution in [0, 0.1) is 0 Å². The lowest BCUT2D eigenvalue weighted by molar-refractivity contribution is 0.273. The van der Waals surface area contributed by atoms with Gasteiger partial charge in [0, 0.05) is 6.42 Å². The summed E-state index contributed by atoms with van der Waals surface area (Å²) in [7, 11) is 0. The van der Waals surface area contributed by atoms with Crippen LogP contribution in [0.15, 0.2) is 41.4 Å². The first-order chi connectivity index (χ1) is 11.6. The molecule has 0 aliphatic carbocycles. The molecule has 136 valence electrons. The van der Waals surface area contributed by atoms with Gasteiger partial charge in [0.15, 0.2) is 5.90 Å². The third-order valence-electron chi connectivity index (χ3n) is 4.03. The molecule has 0 atom stereocenters. The van der Waals surface area contributed by atoms with Crippen molar-refractivity contribution in [3.8, 4) is 0 Å². The number of hydrogen-bond acceptors (Lipinski definition) is 2. The van der Waals surface area contributed by atoms with Crippen LogP contribution in [0.1, 0.15) is 85.0 Å². The molecule has 0 saturated heterocycles. The van der Waals surface area contributed by atoms with Crippen LogP contribution < -0.4 is 0 Å². The molecule has 2 heteroatoms. The predicted molar refractivity (Wildman–Crippen MR) is 107 cm³/mol. The third-order valence-corrected chi connectivity index (χ3v) is 4.03. The SMILES string of the molecule is CCCCC/C=C/C/C=C/CC/C=C/CCCC1=NC(C)(C)CO1. The molecule has 0 aromatic carbocycles. The van der Waals surface area contributed by atoms with E-state index < -0.39 is 0 Å². The normalized spacial score (nSPS) is 17.2. The first-order valence-corrected chi connectivity index (χ1v) is 9.80. The van der Waals surface area contributed by atoms with Gasteiger partial charge < -0.3 is 4.74 Å². The van der Waals surface area contributed by atoms with Gasteiger partial charge in [-0.05, 0) is 58.8 Å². The van der Waals surface area contributed by atoms with E-state index in [0.29, 0.717) is 0 Å². The van der Waals surface area contributed by atoms with Crippen molar-refractivity contribution in [2.45, 2.75) is 90.5 Å². The molecule has 2 nitrogen and oxygen atoms in total. The molecule has 1 heterocycles. The first-order valence-electron chi connectivity index (χ1n) is 9.80.